The zero-order chi connectivity index (χ0) is 15.5. The van der Waals surface area contributed by atoms with E-state index in [4.69, 9.17) is 0 Å². The minimum absolute atomic E-state index is 0.0244. The molecule has 21 heavy (non-hydrogen) atoms. The number of benzene rings is 2. The predicted octanol–water partition coefficient (Wildman–Crippen LogP) is 4.55. The van der Waals surface area contributed by atoms with Gasteiger partial charge in [0.15, 0.2) is 0 Å². The Bertz CT molecular complexity index is 634. The van der Waals surface area contributed by atoms with E-state index in [1.165, 1.54) is 6.07 Å². The lowest BCUT2D eigenvalue weighted by atomic mass is 9.99. The Morgan fingerprint density at radius 1 is 1.05 bits per heavy atom. The van der Waals surface area contributed by atoms with Gasteiger partial charge in [-0.3, -0.25) is 0 Å². The third kappa shape index (κ3) is 3.42. The SMILES string of the molecule is CCOC(=O)c1ccc(-c2ccccc2)cc1C(F)(F)F. The minimum Gasteiger partial charge on any atom is -0.462 e. The molecule has 0 aliphatic carbocycles. The zero-order valence-electron chi connectivity index (χ0n) is 11.3. The van der Waals surface area contributed by atoms with Crippen LogP contribution in [0.25, 0.3) is 11.1 Å². The molecule has 0 radical (unpaired) electrons. The normalized spacial score (nSPS) is 11.2. The van der Waals surface area contributed by atoms with Gasteiger partial charge in [-0.05, 0) is 30.2 Å². The van der Waals surface area contributed by atoms with Gasteiger partial charge in [-0.25, -0.2) is 4.79 Å². The molecule has 0 heterocycles. The molecule has 0 saturated carbocycles. The number of rotatable bonds is 3. The summed E-state index contributed by atoms with van der Waals surface area (Å²) < 4.78 is 44.1. The second-order valence-electron chi connectivity index (χ2n) is 4.34. The quantitative estimate of drug-likeness (QED) is 0.776. The Balaban J connectivity index is 2.53. The van der Waals surface area contributed by atoms with Crippen LogP contribution in [0.4, 0.5) is 13.2 Å². The summed E-state index contributed by atoms with van der Waals surface area (Å²) in [6, 6.07) is 12.3. The van der Waals surface area contributed by atoms with Gasteiger partial charge < -0.3 is 4.74 Å². The minimum atomic E-state index is -4.62. The molecule has 0 aliphatic rings. The number of hydrogen-bond acceptors (Lipinski definition) is 2. The van der Waals surface area contributed by atoms with Crippen LogP contribution < -0.4 is 0 Å². The molecule has 0 saturated heterocycles. The number of halogens is 3. The van der Waals surface area contributed by atoms with Gasteiger partial charge in [0.2, 0.25) is 0 Å². The summed E-state index contributed by atoms with van der Waals surface area (Å²) in [6.45, 7) is 1.57. The van der Waals surface area contributed by atoms with Gasteiger partial charge in [-0.1, -0.05) is 36.4 Å². The van der Waals surface area contributed by atoms with Crippen LogP contribution in [-0.2, 0) is 10.9 Å². The monoisotopic (exact) mass is 294 g/mol. The van der Waals surface area contributed by atoms with Gasteiger partial charge in [0, 0.05) is 0 Å². The van der Waals surface area contributed by atoms with E-state index >= 15 is 0 Å². The molecule has 2 aromatic rings. The van der Waals surface area contributed by atoms with Crippen molar-refractivity contribution in [3.8, 4) is 11.1 Å². The average Bonchev–Trinajstić information content (AvgIpc) is 2.47. The topological polar surface area (TPSA) is 26.3 Å². The molecular formula is C16H13F3O2. The van der Waals surface area contributed by atoms with Crippen molar-refractivity contribution in [1.82, 2.24) is 0 Å². The van der Waals surface area contributed by atoms with Gasteiger partial charge in [-0.2, -0.15) is 13.2 Å². The lowest BCUT2D eigenvalue weighted by molar-refractivity contribution is -0.138. The zero-order valence-corrected chi connectivity index (χ0v) is 11.3. The highest BCUT2D eigenvalue weighted by atomic mass is 19.4. The maximum absolute atomic E-state index is 13.1. The fourth-order valence-corrected chi connectivity index (χ4v) is 1.98. The Hall–Kier alpha value is -2.30. The van der Waals surface area contributed by atoms with E-state index < -0.39 is 23.3 Å². The van der Waals surface area contributed by atoms with Gasteiger partial charge in [0.1, 0.15) is 0 Å². The molecule has 0 spiro atoms. The van der Waals surface area contributed by atoms with Crippen LogP contribution in [0.2, 0.25) is 0 Å². The summed E-state index contributed by atoms with van der Waals surface area (Å²) in [4.78, 5) is 11.6. The van der Waals surface area contributed by atoms with Crippen molar-refractivity contribution in [2.75, 3.05) is 6.61 Å². The molecule has 0 amide bonds. The maximum atomic E-state index is 13.1. The molecule has 0 atom stereocenters. The molecule has 0 aliphatic heterocycles. The van der Waals surface area contributed by atoms with Crippen LogP contribution in [0, 0.1) is 0 Å². The summed E-state index contributed by atoms with van der Waals surface area (Å²) in [5.41, 5.74) is -0.402. The summed E-state index contributed by atoms with van der Waals surface area (Å²) >= 11 is 0. The lowest BCUT2D eigenvalue weighted by Crippen LogP contribution is -2.15. The summed E-state index contributed by atoms with van der Waals surface area (Å²) in [5, 5.41) is 0. The van der Waals surface area contributed by atoms with E-state index in [9.17, 15) is 18.0 Å². The average molecular weight is 294 g/mol. The second-order valence-corrected chi connectivity index (χ2v) is 4.34. The number of carbonyl (C=O) groups excluding carboxylic acids is 1. The van der Waals surface area contributed by atoms with Crippen LogP contribution in [-0.4, -0.2) is 12.6 Å². The van der Waals surface area contributed by atoms with Crippen LogP contribution in [0.15, 0.2) is 48.5 Å². The molecule has 0 fully saturated rings. The molecule has 2 nitrogen and oxygen atoms in total. The standard InChI is InChI=1S/C16H13F3O2/c1-2-21-15(20)13-9-8-12(10-14(13)16(17,18)19)11-6-4-3-5-7-11/h3-10H,2H2,1H3. The van der Waals surface area contributed by atoms with E-state index in [1.807, 2.05) is 0 Å². The highest BCUT2D eigenvalue weighted by molar-refractivity contribution is 5.92. The number of carbonyl (C=O) groups is 1. The van der Waals surface area contributed by atoms with Crippen molar-refractivity contribution >= 4 is 5.97 Å². The van der Waals surface area contributed by atoms with Gasteiger partial charge >= 0.3 is 12.1 Å². The molecule has 0 N–H and O–H groups in total. The van der Waals surface area contributed by atoms with Gasteiger partial charge in [0.05, 0.1) is 17.7 Å². The third-order valence-corrected chi connectivity index (χ3v) is 2.93. The van der Waals surface area contributed by atoms with Crippen LogP contribution >= 0.6 is 0 Å². The molecule has 110 valence electrons. The van der Waals surface area contributed by atoms with Crippen molar-refractivity contribution in [2.24, 2.45) is 0 Å². The maximum Gasteiger partial charge on any atom is 0.417 e. The molecule has 0 unspecified atom stereocenters. The predicted molar refractivity (Wildman–Crippen MR) is 72.8 cm³/mol. The van der Waals surface area contributed by atoms with E-state index in [0.717, 1.165) is 12.1 Å². The number of hydrogen-bond donors (Lipinski definition) is 0. The lowest BCUT2D eigenvalue weighted by Gasteiger charge is -2.14. The summed E-state index contributed by atoms with van der Waals surface area (Å²) in [7, 11) is 0. The second kappa shape index (κ2) is 5.99. The fraction of sp³-hybridized carbons (Fsp3) is 0.188. The van der Waals surface area contributed by atoms with E-state index in [-0.39, 0.29) is 6.61 Å². The molecule has 2 rings (SSSR count). The summed E-state index contributed by atoms with van der Waals surface area (Å²) in [6.07, 6.45) is -4.62. The summed E-state index contributed by atoms with van der Waals surface area (Å²) in [5.74, 6) is -0.968. The number of alkyl halides is 3. The molecule has 0 aromatic heterocycles. The van der Waals surface area contributed by atoms with E-state index in [2.05, 4.69) is 4.74 Å². The molecule has 2 aromatic carbocycles. The first-order valence-electron chi connectivity index (χ1n) is 6.37. The van der Waals surface area contributed by atoms with Gasteiger partial charge in [0.25, 0.3) is 0 Å². The molecule has 5 heteroatoms. The van der Waals surface area contributed by atoms with E-state index in [1.54, 1.807) is 37.3 Å². The van der Waals surface area contributed by atoms with Crippen LogP contribution in [0.3, 0.4) is 0 Å². The molecule has 0 bridgehead atoms. The number of ether oxygens (including phenoxy) is 1. The van der Waals surface area contributed by atoms with Crippen molar-refractivity contribution in [2.45, 2.75) is 13.1 Å². The van der Waals surface area contributed by atoms with Crippen molar-refractivity contribution in [3.05, 3.63) is 59.7 Å². The Morgan fingerprint density at radius 3 is 2.29 bits per heavy atom. The third-order valence-electron chi connectivity index (χ3n) is 2.93. The van der Waals surface area contributed by atoms with Crippen LogP contribution in [0.5, 0.6) is 0 Å². The van der Waals surface area contributed by atoms with Crippen LogP contribution in [0.1, 0.15) is 22.8 Å². The van der Waals surface area contributed by atoms with Crippen molar-refractivity contribution in [3.63, 3.8) is 0 Å². The first-order valence-corrected chi connectivity index (χ1v) is 6.37. The van der Waals surface area contributed by atoms with E-state index in [0.29, 0.717) is 11.1 Å². The smallest absolute Gasteiger partial charge is 0.417 e. The Morgan fingerprint density at radius 2 is 1.71 bits per heavy atom. The van der Waals surface area contributed by atoms with Gasteiger partial charge in [-0.15, -0.1) is 0 Å². The number of esters is 1. The fourth-order valence-electron chi connectivity index (χ4n) is 1.98. The van der Waals surface area contributed by atoms with Crippen molar-refractivity contribution < 1.29 is 22.7 Å². The first-order chi connectivity index (χ1) is 9.93. The highest BCUT2D eigenvalue weighted by Gasteiger charge is 2.36. The Labute approximate surface area is 120 Å². The largest absolute Gasteiger partial charge is 0.462 e. The highest BCUT2D eigenvalue weighted by Crippen LogP contribution is 2.35. The first kappa shape index (κ1) is 15.1. The van der Waals surface area contributed by atoms with Crippen molar-refractivity contribution in [1.29, 1.82) is 0 Å². The Kier molecular flexibility index (Phi) is 4.31. The molecular weight excluding hydrogens is 281 g/mol.